The van der Waals surface area contributed by atoms with Crippen LogP contribution in [0.15, 0.2) is 42.6 Å². The predicted octanol–water partition coefficient (Wildman–Crippen LogP) is 2.48. The van der Waals surface area contributed by atoms with Gasteiger partial charge in [0.05, 0.1) is 17.9 Å². The van der Waals surface area contributed by atoms with Crippen molar-refractivity contribution in [3.05, 3.63) is 54.0 Å². The van der Waals surface area contributed by atoms with Gasteiger partial charge in [0, 0.05) is 18.3 Å². The molecular formula is C17H20N4O. The normalized spacial score (nSPS) is 11.0. The molecule has 3 aromatic rings. The first-order valence-corrected chi connectivity index (χ1v) is 7.51. The van der Waals surface area contributed by atoms with Gasteiger partial charge in [-0.05, 0) is 37.4 Å². The molecule has 1 N–H and O–H groups in total. The van der Waals surface area contributed by atoms with Crippen LogP contribution in [-0.2, 0) is 24.4 Å². The number of hydrogen-bond acceptors (Lipinski definition) is 2. The minimum absolute atomic E-state index is 0.00265. The van der Waals surface area contributed by atoms with Crippen LogP contribution in [-0.4, -0.2) is 20.3 Å². The molecule has 0 bridgehead atoms. The zero-order valence-electron chi connectivity index (χ0n) is 12.9. The van der Waals surface area contributed by atoms with Crippen molar-refractivity contribution in [2.24, 2.45) is 0 Å². The molecule has 114 valence electrons. The zero-order valence-corrected chi connectivity index (χ0v) is 12.9. The lowest BCUT2D eigenvalue weighted by Gasteiger charge is -2.08. The average molecular weight is 296 g/mol. The lowest BCUT2D eigenvalue weighted by molar-refractivity contribution is -0.121. The maximum absolute atomic E-state index is 12.2. The van der Waals surface area contributed by atoms with E-state index in [9.17, 15) is 4.79 Å². The van der Waals surface area contributed by atoms with Crippen LogP contribution in [0.5, 0.6) is 0 Å². The van der Waals surface area contributed by atoms with Gasteiger partial charge in [0.25, 0.3) is 0 Å². The number of nitrogens with one attached hydrogen (secondary N) is 1. The van der Waals surface area contributed by atoms with Crippen molar-refractivity contribution in [1.82, 2.24) is 19.7 Å². The molecule has 1 aromatic carbocycles. The molecule has 0 radical (unpaired) electrons. The van der Waals surface area contributed by atoms with Crippen LogP contribution in [0, 0.1) is 6.92 Å². The highest BCUT2D eigenvalue weighted by molar-refractivity contribution is 5.83. The Morgan fingerprint density at radius 1 is 1.27 bits per heavy atom. The molecule has 0 aliphatic carbocycles. The van der Waals surface area contributed by atoms with Crippen LogP contribution in [0.4, 0.5) is 0 Å². The summed E-state index contributed by atoms with van der Waals surface area (Å²) in [6, 6.07) is 12.1. The highest BCUT2D eigenvalue weighted by atomic mass is 16.1. The Hall–Kier alpha value is -2.56. The van der Waals surface area contributed by atoms with Crippen molar-refractivity contribution in [2.45, 2.75) is 33.5 Å². The molecule has 0 unspecified atom stereocenters. The first kappa shape index (κ1) is 14.4. The Balaban J connectivity index is 1.65. The van der Waals surface area contributed by atoms with E-state index in [4.69, 9.17) is 0 Å². The molecule has 0 saturated heterocycles. The van der Waals surface area contributed by atoms with Gasteiger partial charge in [-0.1, -0.05) is 18.2 Å². The maximum atomic E-state index is 12.2. The zero-order chi connectivity index (χ0) is 15.5. The predicted molar refractivity (Wildman–Crippen MR) is 86.4 cm³/mol. The number of aromatic nitrogens is 3. The minimum atomic E-state index is 0.00265. The standard InChI is InChI=1S/C17H20N4O/c1-3-21-15(10-13(2)19-21)11-18-17(22)12-20-9-8-14-6-4-5-7-16(14)20/h4-10H,3,11-12H2,1-2H3,(H,18,22). The van der Waals surface area contributed by atoms with Gasteiger partial charge in [-0.2, -0.15) is 5.10 Å². The first-order chi connectivity index (χ1) is 10.7. The quantitative estimate of drug-likeness (QED) is 0.786. The van der Waals surface area contributed by atoms with E-state index in [2.05, 4.69) is 10.4 Å². The summed E-state index contributed by atoms with van der Waals surface area (Å²) >= 11 is 0. The molecule has 1 amide bonds. The van der Waals surface area contributed by atoms with E-state index in [1.54, 1.807) is 0 Å². The number of para-hydroxylation sites is 1. The number of amides is 1. The summed E-state index contributed by atoms with van der Waals surface area (Å²) < 4.78 is 3.88. The molecular weight excluding hydrogens is 276 g/mol. The summed E-state index contributed by atoms with van der Waals surface area (Å²) in [6.45, 7) is 5.65. The van der Waals surface area contributed by atoms with Gasteiger partial charge >= 0.3 is 0 Å². The first-order valence-electron chi connectivity index (χ1n) is 7.51. The van der Waals surface area contributed by atoms with Crippen molar-refractivity contribution in [3.63, 3.8) is 0 Å². The maximum Gasteiger partial charge on any atom is 0.240 e. The van der Waals surface area contributed by atoms with Crippen LogP contribution in [0.3, 0.4) is 0 Å². The van der Waals surface area contributed by atoms with Crippen LogP contribution in [0.2, 0.25) is 0 Å². The highest BCUT2D eigenvalue weighted by Crippen LogP contribution is 2.14. The number of rotatable bonds is 5. The van der Waals surface area contributed by atoms with E-state index < -0.39 is 0 Å². The lowest BCUT2D eigenvalue weighted by atomic mass is 10.2. The van der Waals surface area contributed by atoms with Gasteiger partial charge in [-0.3, -0.25) is 9.48 Å². The largest absolute Gasteiger partial charge is 0.349 e. The fourth-order valence-corrected chi connectivity index (χ4v) is 2.69. The Morgan fingerprint density at radius 2 is 2.09 bits per heavy atom. The van der Waals surface area contributed by atoms with Crippen LogP contribution in [0.1, 0.15) is 18.3 Å². The smallest absolute Gasteiger partial charge is 0.240 e. The van der Waals surface area contributed by atoms with E-state index in [0.717, 1.165) is 28.8 Å². The Morgan fingerprint density at radius 3 is 2.91 bits per heavy atom. The SMILES string of the molecule is CCn1nc(C)cc1CNC(=O)Cn1ccc2ccccc21. The number of aryl methyl sites for hydroxylation is 2. The van der Waals surface area contributed by atoms with Gasteiger partial charge in [0.1, 0.15) is 6.54 Å². The van der Waals surface area contributed by atoms with E-state index in [1.807, 2.05) is 65.7 Å². The Bertz CT molecular complexity index is 800. The number of fused-ring (bicyclic) bond motifs is 1. The van der Waals surface area contributed by atoms with Gasteiger partial charge in [-0.25, -0.2) is 0 Å². The van der Waals surface area contributed by atoms with E-state index >= 15 is 0 Å². The summed E-state index contributed by atoms with van der Waals surface area (Å²) in [7, 11) is 0. The van der Waals surface area contributed by atoms with Gasteiger partial charge in [0.15, 0.2) is 0 Å². The topological polar surface area (TPSA) is 51.9 Å². The van der Waals surface area contributed by atoms with Crippen molar-refractivity contribution >= 4 is 16.8 Å². The second-order valence-electron chi connectivity index (χ2n) is 5.37. The molecule has 0 atom stereocenters. The van der Waals surface area contributed by atoms with Crippen LogP contribution in [0.25, 0.3) is 10.9 Å². The van der Waals surface area contributed by atoms with Crippen molar-refractivity contribution in [2.75, 3.05) is 0 Å². The molecule has 22 heavy (non-hydrogen) atoms. The molecule has 5 heteroatoms. The molecule has 5 nitrogen and oxygen atoms in total. The van der Waals surface area contributed by atoms with E-state index in [0.29, 0.717) is 13.1 Å². The number of carbonyl (C=O) groups is 1. The lowest BCUT2D eigenvalue weighted by Crippen LogP contribution is -2.27. The summed E-state index contributed by atoms with van der Waals surface area (Å²) in [5.74, 6) is 0.00265. The Labute approximate surface area is 129 Å². The summed E-state index contributed by atoms with van der Waals surface area (Å²) in [5, 5.41) is 8.50. The fourth-order valence-electron chi connectivity index (χ4n) is 2.69. The molecule has 3 rings (SSSR count). The third-order valence-corrected chi connectivity index (χ3v) is 3.75. The van der Waals surface area contributed by atoms with Crippen LogP contribution >= 0.6 is 0 Å². The minimum Gasteiger partial charge on any atom is -0.349 e. The molecule has 0 fully saturated rings. The Kier molecular flexibility index (Phi) is 3.96. The van der Waals surface area contributed by atoms with Crippen molar-refractivity contribution < 1.29 is 4.79 Å². The molecule has 0 aliphatic heterocycles. The number of nitrogens with zero attached hydrogens (tertiary/aromatic N) is 3. The fraction of sp³-hybridized carbons (Fsp3) is 0.294. The molecule has 0 saturated carbocycles. The highest BCUT2D eigenvalue weighted by Gasteiger charge is 2.08. The summed E-state index contributed by atoms with van der Waals surface area (Å²) in [4.78, 5) is 12.2. The monoisotopic (exact) mass is 296 g/mol. The number of carbonyl (C=O) groups excluding carboxylic acids is 1. The third-order valence-electron chi connectivity index (χ3n) is 3.75. The second-order valence-corrected chi connectivity index (χ2v) is 5.37. The number of hydrogen-bond donors (Lipinski definition) is 1. The van der Waals surface area contributed by atoms with Gasteiger partial charge < -0.3 is 9.88 Å². The molecule has 0 aliphatic rings. The van der Waals surface area contributed by atoms with E-state index in [-0.39, 0.29) is 5.91 Å². The average Bonchev–Trinajstić information content (AvgIpc) is 3.09. The van der Waals surface area contributed by atoms with Gasteiger partial charge in [0.2, 0.25) is 5.91 Å². The molecule has 2 heterocycles. The third kappa shape index (κ3) is 2.88. The van der Waals surface area contributed by atoms with E-state index in [1.165, 1.54) is 0 Å². The van der Waals surface area contributed by atoms with Crippen molar-refractivity contribution in [3.8, 4) is 0 Å². The van der Waals surface area contributed by atoms with Crippen molar-refractivity contribution in [1.29, 1.82) is 0 Å². The summed E-state index contributed by atoms with van der Waals surface area (Å²) in [6.07, 6.45) is 1.95. The second kappa shape index (κ2) is 6.05. The molecule has 0 spiro atoms. The summed E-state index contributed by atoms with van der Waals surface area (Å²) in [5.41, 5.74) is 3.08. The molecule has 2 aromatic heterocycles. The van der Waals surface area contributed by atoms with Gasteiger partial charge in [-0.15, -0.1) is 0 Å². The van der Waals surface area contributed by atoms with Crippen LogP contribution < -0.4 is 5.32 Å². The number of benzene rings is 1.